The lowest BCUT2D eigenvalue weighted by Crippen LogP contribution is -2.33. The number of carbonyl (C=O) groups is 3. The third-order valence-corrected chi connectivity index (χ3v) is 5.00. The van der Waals surface area contributed by atoms with Gasteiger partial charge in [0.05, 0.1) is 26.9 Å². The topological polar surface area (TPSA) is 84.9 Å². The van der Waals surface area contributed by atoms with Crippen molar-refractivity contribution >= 4 is 28.5 Å². The summed E-state index contributed by atoms with van der Waals surface area (Å²) in [4.78, 5) is 36.4. The predicted octanol–water partition coefficient (Wildman–Crippen LogP) is 2.06. The molecule has 0 unspecified atom stereocenters. The zero-order chi connectivity index (χ0) is 20.6. The number of nitrogens with zero attached hydrogens (tertiary/aromatic N) is 1. The lowest BCUT2D eigenvalue weighted by atomic mass is 9.99. The SMILES string of the molecule is COc1ccc2ccccc2c1CCC(=O)NCCOCCN1C(=O)CCC1=O. The van der Waals surface area contributed by atoms with E-state index in [1.807, 2.05) is 36.4 Å². The van der Waals surface area contributed by atoms with Gasteiger partial charge in [0, 0.05) is 31.4 Å². The van der Waals surface area contributed by atoms with E-state index in [1.54, 1.807) is 7.11 Å². The Balaban J connectivity index is 1.39. The Labute approximate surface area is 170 Å². The van der Waals surface area contributed by atoms with E-state index in [4.69, 9.17) is 9.47 Å². The van der Waals surface area contributed by atoms with Gasteiger partial charge >= 0.3 is 0 Å². The summed E-state index contributed by atoms with van der Waals surface area (Å²) in [6.07, 6.45) is 1.50. The molecule has 1 aliphatic heterocycles. The Bertz CT molecular complexity index is 880. The van der Waals surface area contributed by atoms with Gasteiger partial charge in [-0.1, -0.05) is 30.3 Å². The highest BCUT2D eigenvalue weighted by atomic mass is 16.5. The largest absolute Gasteiger partial charge is 0.496 e. The molecule has 0 spiro atoms. The molecular weight excluding hydrogens is 372 g/mol. The molecule has 0 bridgehead atoms. The van der Waals surface area contributed by atoms with Crippen molar-refractivity contribution < 1.29 is 23.9 Å². The van der Waals surface area contributed by atoms with E-state index in [-0.39, 0.29) is 43.7 Å². The molecule has 0 aliphatic carbocycles. The summed E-state index contributed by atoms with van der Waals surface area (Å²) in [7, 11) is 1.63. The van der Waals surface area contributed by atoms with E-state index < -0.39 is 0 Å². The van der Waals surface area contributed by atoms with E-state index in [0.717, 1.165) is 22.1 Å². The fraction of sp³-hybridized carbons (Fsp3) is 0.409. The third kappa shape index (κ3) is 5.32. The molecule has 0 atom stereocenters. The molecule has 0 saturated carbocycles. The minimum Gasteiger partial charge on any atom is -0.496 e. The first-order valence-corrected chi connectivity index (χ1v) is 9.82. The second-order valence-corrected chi connectivity index (χ2v) is 6.87. The predicted molar refractivity (Wildman–Crippen MR) is 109 cm³/mol. The summed E-state index contributed by atoms with van der Waals surface area (Å²) in [6, 6.07) is 12.0. The first kappa shape index (κ1) is 20.8. The van der Waals surface area contributed by atoms with Crippen LogP contribution in [0.25, 0.3) is 10.8 Å². The van der Waals surface area contributed by atoms with Crippen LogP contribution in [0.2, 0.25) is 0 Å². The molecule has 1 saturated heterocycles. The molecule has 1 N–H and O–H groups in total. The van der Waals surface area contributed by atoms with Gasteiger partial charge in [-0.3, -0.25) is 19.3 Å². The number of hydrogen-bond acceptors (Lipinski definition) is 5. The Hall–Kier alpha value is -2.93. The molecule has 2 aromatic carbocycles. The summed E-state index contributed by atoms with van der Waals surface area (Å²) < 4.78 is 10.9. The van der Waals surface area contributed by atoms with Crippen LogP contribution in [0, 0.1) is 0 Å². The summed E-state index contributed by atoms with van der Waals surface area (Å²) in [6.45, 7) is 1.26. The van der Waals surface area contributed by atoms with Crippen molar-refractivity contribution in [2.24, 2.45) is 0 Å². The summed E-state index contributed by atoms with van der Waals surface area (Å²) in [5.74, 6) is 0.436. The molecular formula is C22H26N2O5. The summed E-state index contributed by atoms with van der Waals surface area (Å²) in [5.41, 5.74) is 1.02. The van der Waals surface area contributed by atoms with E-state index in [2.05, 4.69) is 5.32 Å². The number of fused-ring (bicyclic) bond motifs is 1. The number of imide groups is 1. The number of ether oxygens (including phenoxy) is 2. The number of aryl methyl sites for hydroxylation is 1. The van der Waals surface area contributed by atoms with Crippen molar-refractivity contribution in [2.45, 2.75) is 25.7 Å². The van der Waals surface area contributed by atoms with Gasteiger partial charge in [-0.2, -0.15) is 0 Å². The minimum absolute atomic E-state index is 0.0616. The number of nitrogens with one attached hydrogen (secondary N) is 1. The third-order valence-electron chi connectivity index (χ3n) is 5.00. The molecule has 0 radical (unpaired) electrons. The van der Waals surface area contributed by atoms with Crippen LogP contribution in [0.1, 0.15) is 24.8 Å². The molecule has 7 nitrogen and oxygen atoms in total. The van der Waals surface area contributed by atoms with Gasteiger partial charge in [-0.25, -0.2) is 0 Å². The Morgan fingerprint density at radius 3 is 2.59 bits per heavy atom. The second-order valence-electron chi connectivity index (χ2n) is 6.87. The average Bonchev–Trinajstić information content (AvgIpc) is 3.06. The minimum atomic E-state index is -0.143. The lowest BCUT2D eigenvalue weighted by molar-refractivity contribution is -0.139. The van der Waals surface area contributed by atoms with Crippen molar-refractivity contribution in [3.63, 3.8) is 0 Å². The summed E-state index contributed by atoms with van der Waals surface area (Å²) in [5, 5.41) is 5.04. The highest BCUT2D eigenvalue weighted by molar-refractivity contribution is 6.01. The van der Waals surface area contributed by atoms with E-state index in [0.29, 0.717) is 26.0 Å². The van der Waals surface area contributed by atoms with Crippen molar-refractivity contribution in [3.8, 4) is 5.75 Å². The number of likely N-dealkylation sites (tertiary alicyclic amines) is 1. The smallest absolute Gasteiger partial charge is 0.229 e. The lowest BCUT2D eigenvalue weighted by Gasteiger charge is -2.14. The highest BCUT2D eigenvalue weighted by Gasteiger charge is 2.28. The number of methoxy groups -OCH3 is 1. The quantitative estimate of drug-likeness (QED) is 0.489. The van der Waals surface area contributed by atoms with Gasteiger partial charge in [-0.05, 0) is 23.3 Å². The molecule has 3 rings (SSSR count). The van der Waals surface area contributed by atoms with Crippen molar-refractivity contribution in [3.05, 3.63) is 42.0 Å². The van der Waals surface area contributed by atoms with Crippen LogP contribution in [0.4, 0.5) is 0 Å². The Morgan fingerprint density at radius 1 is 1.07 bits per heavy atom. The monoisotopic (exact) mass is 398 g/mol. The standard InChI is InChI=1S/C22H26N2O5/c1-28-19-8-6-16-4-2-3-5-17(16)18(19)7-9-20(25)23-12-14-29-15-13-24-21(26)10-11-22(24)27/h2-6,8H,7,9-15H2,1H3,(H,23,25). The molecule has 3 amide bonds. The van der Waals surface area contributed by atoms with Gasteiger partial charge in [0.15, 0.2) is 0 Å². The van der Waals surface area contributed by atoms with Crippen LogP contribution >= 0.6 is 0 Å². The average molecular weight is 398 g/mol. The zero-order valence-corrected chi connectivity index (χ0v) is 16.6. The van der Waals surface area contributed by atoms with Crippen molar-refractivity contribution in [1.82, 2.24) is 10.2 Å². The number of hydrogen-bond donors (Lipinski definition) is 1. The molecule has 29 heavy (non-hydrogen) atoms. The molecule has 1 aliphatic rings. The van der Waals surface area contributed by atoms with Gasteiger partial charge in [-0.15, -0.1) is 0 Å². The first-order valence-electron chi connectivity index (χ1n) is 9.82. The van der Waals surface area contributed by atoms with Gasteiger partial charge in [0.2, 0.25) is 17.7 Å². The highest BCUT2D eigenvalue weighted by Crippen LogP contribution is 2.29. The van der Waals surface area contributed by atoms with Gasteiger partial charge in [0.25, 0.3) is 0 Å². The second kappa shape index (κ2) is 10.0. The fourth-order valence-electron chi connectivity index (χ4n) is 3.48. The normalized spacial score (nSPS) is 13.9. The van der Waals surface area contributed by atoms with Crippen LogP contribution in [-0.4, -0.2) is 56.0 Å². The molecule has 154 valence electrons. The number of rotatable bonds is 10. The molecule has 0 aromatic heterocycles. The number of benzene rings is 2. The molecule has 1 heterocycles. The van der Waals surface area contributed by atoms with Crippen molar-refractivity contribution in [2.75, 3.05) is 33.4 Å². The van der Waals surface area contributed by atoms with Crippen molar-refractivity contribution in [1.29, 1.82) is 0 Å². The maximum atomic E-state index is 12.2. The van der Waals surface area contributed by atoms with E-state index in [1.165, 1.54) is 4.90 Å². The molecule has 2 aromatic rings. The molecule has 7 heteroatoms. The zero-order valence-electron chi connectivity index (χ0n) is 16.6. The summed E-state index contributed by atoms with van der Waals surface area (Å²) >= 11 is 0. The Morgan fingerprint density at radius 2 is 1.83 bits per heavy atom. The fourth-order valence-corrected chi connectivity index (χ4v) is 3.48. The maximum absolute atomic E-state index is 12.2. The molecule has 1 fully saturated rings. The van der Waals surface area contributed by atoms with Crippen LogP contribution in [0.15, 0.2) is 36.4 Å². The number of amides is 3. The van der Waals surface area contributed by atoms with E-state index in [9.17, 15) is 14.4 Å². The maximum Gasteiger partial charge on any atom is 0.229 e. The number of carbonyl (C=O) groups excluding carboxylic acids is 3. The Kier molecular flexibility index (Phi) is 7.19. The van der Waals surface area contributed by atoms with Crippen LogP contribution in [0.5, 0.6) is 5.75 Å². The van der Waals surface area contributed by atoms with E-state index >= 15 is 0 Å². The van der Waals surface area contributed by atoms with Gasteiger partial charge < -0.3 is 14.8 Å². The van der Waals surface area contributed by atoms with Crippen LogP contribution in [-0.2, 0) is 25.5 Å². The van der Waals surface area contributed by atoms with Crippen LogP contribution in [0.3, 0.4) is 0 Å². The van der Waals surface area contributed by atoms with Gasteiger partial charge in [0.1, 0.15) is 5.75 Å². The van der Waals surface area contributed by atoms with Crippen LogP contribution < -0.4 is 10.1 Å². The first-order chi connectivity index (χ1) is 14.1.